The summed E-state index contributed by atoms with van der Waals surface area (Å²) in [7, 11) is 0. The zero-order chi connectivity index (χ0) is 11.4. The van der Waals surface area contributed by atoms with Gasteiger partial charge in [-0.15, -0.1) is 0 Å². The molecule has 1 aromatic heterocycles. The number of aromatic nitrogens is 2. The smallest absolute Gasteiger partial charge is 0.226 e. The van der Waals surface area contributed by atoms with E-state index in [2.05, 4.69) is 17.1 Å². The van der Waals surface area contributed by atoms with Crippen molar-refractivity contribution in [1.82, 2.24) is 10.1 Å². The maximum atomic E-state index is 5.56. The average Bonchev–Trinajstić information content (AvgIpc) is 2.78. The lowest BCUT2D eigenvalue weighted by molar-refractivity contribution is 0.0830. The normalized spacial score (nSPS) is 19.9. The van der Waals surface area contributed by atoms with Gasteiger partial charge in [0.15, 0.2) is 5.82 Å². The van der Waals surface area contributed by atoms with E-state index in [0.717, 1.165) is 38.3 Å². The van der Waals surface area contributed by atoms with Crippen LogP contribution in [0.25, 0.3) is 0 Å². The van der Waals surface area contributed by atoms with Gasteiger partial charge >= 0.3 is 0 Å². The minimum Gasteiger partial charge on any atom is -0.381 e. The Balaban J connectivity index is 1.95. The summed E-state index contributed by atoms with van der Waals surface area (Å²) in [4.78, 5) is 4.43. The van der Waals surface area contributed by atoms with Gasteiger partial charge in [0.25, 0.3) is 0 Å². The number of nitrogens with two attached hydrogens (primary N) is 1. The van der Waals surface area contributed by atoms with E-state index in [1.807, 2.05) is 0 Å². The molecule has 0 aromatic carbocycles. The van der Waals surface area contributed by atoms with Gasteiger partial charge in [-0.2, -0.15) is 4.98 Å². The largest absolute Gasteiger partial charge is 0.381 e. The van der Waals surface area contributed by atoms with Gasteiger partial charge in [-0.05, 0) is 25.3 Å². The average molecular weight is 225 g/mol. The van der Waals surface area contributed by atoms with Crippen LogP contribution in [0.15, 0.2) is 4.52 Å². The van der Waals surface area contributed by atoms with Gasteiger partial charge in [0.1, 0.15) is 0 Å². The van der Waals surface area contributed by atoms with Crippen molar-refractivity contribution in [2.24, 2.45) is 11.7 Å². The third-order valence-electron chi connectivity index (χ3n) is 3.00. The molecule has 1 atom stereocenters. The number of hydrogen-bond acceptors (Lipinski definition) is 5. The number of ether oxygens (including phenoxy) is 1. The molecule has 5 heteroatoms. The SMILES string of the molecule is CC(CN)Cc1nc(C2CCOCC2)no1. The summed E-state index contributed by atoms with van der Waals surface area (Å²) in [6.45, 7) is 4.33. The molecule has 16 heavy (non-hydrogen) atoms. The van der Waals surface area contributed by atoms with Crippen molar-refractivity contribution in [3.05, 3.63) is 11.7 Å². The van der Waals surface area contributed by atoms with E-state index in [0.29, 0.717) is 24.3 Å². The summed E-state index contributed by atoms with van der Waals surface area (Å²) in [6.07, 6.45) is 2.75. The minimum absolute atomic E-state index is 0.392. The van der Waals surface area contributed by atoms with Crippen LogP contribution >= 0.6 is 0 Å². The van der Waals surface area contributed by atoms with E-state index >= 15 is 0 Å². The standard InChI is InChI=1S/C11H19N3O2/c1-8(7-12)6-10-13-11(14-16-10)9-2-4-15-5-3-9/h8-9H,2-7,12H2,1H3. The highest BCUT2D eigenvalue weighted by Crippen LogP contribution is 2.24. The Labute approximate surface area is 95.3 Å². The lowest BCUT2D eigenvalue weighted by Gasteiger charge is -2.18. The topological polar surface area (TPSA) is 74.2 Å². The highest BCUT2D eigenvalue weighted by molar-refractivity contribution is 4.97. The van der Waals surface area contributed by atoms with Gasteiger partial charge in [-0.1, -0.05) is 12.1 Å². The van der Waals surface area contributed by atoms with Crippen LogP contribution in [0.2, 0.25) is 0 Å². The summed E-state index contributed by atoms with van der Waals surface area (Å²) >= 11 is 0. The molecule has 1 aliphatic rings. The molecule has 1 aromatic rings. The van der Waals surface area contributed by atoms with Gasteiger partial charge in [0.2, 0.25) is 5.89 Å². The van der Waals surface area contributed by atoms with Gasteiger partial charge < -0.3 is 15.0 Å². The van der Waals surface area contributed by atoms with Crippen molar-refractivity contribution in [3.8, 4) is 0 Å². The summed E-state index contributed by atoms with van der Waals surface area (Å²) in [5.74, 6) is 2.34. The molecule has 90 valence electrons. The Bertz CT molecular complexity index is 321. The molecule has 0 amide bonds. The van der Waals surface area contributed by atoms with Crippen molar-refractivity contribution < 1.29 is 9.26 Å². The molecule has 1 fully saturated rings. The van der Waals surface area contributed by atoms with Crippen molar-refractivity contribution in [2.75, 3.05) is 19.8 Å². The van der Waals surface area contributed by atoms with E-state index in [-0.39, 0.29) is 0 Å². The molecule has 0 saturated carbocycles. The molecular formula is C11H19N3O2. The second kappa shape index (κ2) is 5.41. The Morgan fingerprint density at radius 3 is 2.88 bits per heavy atom. The summed E-state index contributed by atoms with van der Waals surface area (Å²) in [5.41, 5.74) is 5.56. The summed E-state index contributed by atoms with van der Waals surface area (Å²) in [6, 6.07) is 0. The maximum Gasteiger partial charge on any atom is 0.226 e. The highest BCUT2D eigenvalue weighted by Gasteiger charge is 2.21. The van der Waals surface area contributed by atoms with Crippen molar-refractivity contribution in [3.63, 3.8) is 0 Å². The van der Waals surface area contributed by atoms with Crippen molar-refractivity contribution in [2.45, 2.75) is 32.1 Å². The first-order valence-corrected chi connectivity index (χ1v) is 5.90. The zero-order valence-electron chi connectivity index (χ0n) is 9.69. The first kappa shape index (κ1) is 11.5. The number of nitrogens with zero attached hydrogens (tertiary/aromatic N) is 2. The fourth-order valence-electron chi connectivity index (χ4n) is 1.85. The fourth-order valence-corrected chi connectivity index (χ4v) is 1.85. The van der Waals surface area contributed by atoms with E-state index < -0.39 is 0 Å². The van der Waals surface area contributed by atoms with Gasteiger partial charge in [-0.3, -0.25) is 0 Å². The van der Waals surface area contributed by atoms with Crippen LogP contribution in [0.3, 0.4) is 0 Å². The molecule has 0 radical (unpaired) electrons. The van der Waals surface area contributed by atoms with Crippen LogP contribution in [0.1, 0.15) is 37.4 Å². The Hall–Kier alpha value is -0.940. The van der Waals surface area contributed by atoms with Crippen LogP contribution in [0, 0.1) is 5.92 Å². The molecule has 2 rings (SSSR count). The van der Waals surface area contributed by atoms with E-state index in [1.54, 1.807) is 0 Å². The Morgan fingerprint density at radius 1 is 1.44 bits per heavy atom. The van der Waals surface area contributed by atoms with Crippen LogP contribution in [-0.2, 0) is 11.2 Å². The quantitative estimate of drug-likeness (QED) is 0.830. The molecular weight excluding hydrogens is 206 g/mol. The Morgan fingerprint density at radius 2 is 2.19 bits per heavy atom. The molecule has 5 nitrogen and oxygen atoms in total. The Kier molecular flexibility index (Phi) is 3.90. The van der Waals surface area contributed by atoms with Gasteiger partial charge in [0.05, 0.1) is 0 Å². The predicted molar refractivity (Wildman–Crippen MR) is 59.0 cm³/mol. The van der Waals surface area contributed by atoms with Crippen molar-refractivity contribution in [1.29, 1.82) is 0 Å². The third kappa shape index (κ3) is 2.80. The number of hydrogen-bond donors (Lipinski definition) is 1. The van der Waals surface area contributed by atoms with Crippen molar-refractivity contribution >= 4 is 0 Å². The monoisotopic (exact) mass is 225 g/mol. The lowest BCUT2D eigenvalue weighted by atomic mass is 10.00. The van der Waals surface area contributed by atoms with Crippen LogP contribution in [-0.4, -0.2) is 29.9 Å². The first-order chi connectivity index (χ1) is 7.79. The minimum atomic E-state index is 0.392. The molecule has 0 bridgehead atoms. The first-order valence-electron chi connectivity index (χ1n) is 5.90. The highest BCUT2D eigenvalue weighted by atomic mass is 16.5. The lowest BCUT2D eigenvalue weighted by Crippen LogP contribution is -2.15. The molecule has 0 spiro atoms. The third-order valence-corrected chi connectivity index (χ3v) is 3.00. The van der Waals surface area contributed by atoms with Crippen LogP contribution in [0.5, 0.6) is 0 Å². The predicted octanol–water partition coefficient (Wildman–Crippen LogP) is 1.10. The number of rotatable bonds is 4. The van der Waals surface area contributed by atoms with Gasteiger partial charge in [-0.25, -0.2) is 0 Å². The maximum absolute atomic E-state index is 5.56. The van der Waals surface area contributed by atoms with Crippen LogP contribution < -0.4 is 5.73 Å². The molecule has 1 aliphatic heterocycles. The summed E-state index contributed by atoms with van der Waals surface area (Å²) in [5, 5.41) is 4.04. The van der Waals surface area contributed by atoms with Gasteiger partial charge in [0, 0.05) is 25.6 Å². The van der Waals surface area contributed by atoms with E-state index in [9.17, 15) is 0 Å². The van der Waals surface area contributed by atoms with E-state index in [1.165, 1.54) is 0 Å². The second-order valence-corrected chi connectivity index (χ2v) is 4.48. The molecule has 2 heterocycles. The molecule has 1 saturated heterocycles. The molecule has 1 unspecified atom stereocenters. The molecule has 2 N–H and O–H groups in total. The van der Waals surface area contributed by atoms with E-state index in [4.69, 9.17) is 15.0 Å². The van der Waals surface area contributed by atoms with Crippen LogP contribution in [0.4, 0.5) is 0 Å². The molecule has 0 aliphatic carbocycles. The zero-order valence-corrected chi connectivity index (χ0v) is 9.69. The second-order valence-electron chi connectivity index (χ2n) is 4.48. The summed E-state index contributed by atoms with van der Waals surface area (Å²) < 4.78 is 10.5. The fraction of sp³-hybridized carbons (Fsp3) is 0.818.